The predicted octanol–water partition coefficient (Wildman–Crippen LogP) is 2.14. The first-order valence-corrected chi connectivity index (χ1v) is 6.25. The van der Waals surface area contributed by atoms with Gasteiger partial charge < -0.3 is 10.2 Å². The van der Waals surface area contributed by atoms with Gasteiger partial charge in [-0.2, -0.15) is 0 Å². The van der Waals surface area contributed by atoms with Crippen LogP contribution in [0.3, 0.4) is 0 Å². The topological polar surface area (TPSA) is 45.2 Å². The minimum absolute atomic E-state index is 0. The Morgan fingerprint density at radius 2 is 2.26 bits per heavy atom. The molecule has 1 aliphatic rings. The molecule has 1 aromatic heterocycles. The summed E-state index contributed by atoms with van der Waals surface area (Å²) in [4.78, 5) is 18.5. The first kappa shape index (κ1) is 18.2. The summed E-state index contributed by atoms with van der Waals surface area (Å²) >= 11 is 0. The fraction of sp³-hybridized carbons (Fsp3) is 0.538. The smallest absolute Gasteiger partial charge is 0.272 e. The summed E-state index contributed by atoms with van der Waals surface area (Å²) in [7, 11) is 0. The Morgan fingerprint density at radius 3 is 2.79 bits per heavy atom. The van der Waals surface area contributed by atoms with E-state index >= 15 is 0 Å². The van der Waals surface area contributed by atoms with Gasteiger partial charge in [0.15, 0.2) is 0 Å². The van der Waals surface area contributed by atoms with Gasteiger partial charge in [0.1, 0.15) is 5.69 Å². The molecular weight excluding hydrogens is 285 g/mol. The lowest BCUT2D eigenvalue weighted by Gasteiger charge is -2.27. The van der Waals surface area contributed by atoms with Gasteiger partial charge in [-0.1, -0.05) is 13.0 Å². The molecule has 1 aromatic rings. The molecule has 0 saturated carbocycles. The maximum absolute atomic E-state index is 12.4. The average molecular weight is 306 g/mol. The largest absolute Gasteiger partial charge is 0.333 e. The summed E-state index contributed by atoms with van der Waals surface area (Å²) in [6.07, 6.45) is 3.69. The average Bonchev–Trinajstić information content (AvgIpc) is 2.90. The zero-order valence-electron chi connectivity index (χ0n) is 11.0. The van der Waals surface area contributed by atoms with Crippen LogP contribution < -0.4 is 5.32 Å². The second-order valence-electron chi connectivity index (χ2n) is 4.36. The third-order valence-corrected chi connectivity index (χ3v) is 3.08. The lowest BCUT2D eigenvalue weighted by Crippen LogP contribution is -2.42. The van der Waals surface area contributed by atoms with Crippen molar-refractivity contribution in [2.75, 3.05) is 19.6 Å². The van der Waals surface area contributed by atoms with E-state index in [4.69, 9.17) is 0 Å². The number of aromatic nitrogens is 1. The summed E-state index contributed by atoms with van der Waals surface area (Å²) in [6, 6.07) is 5.80. The van der Waals surface area contributed by atoms with E-state index in [2.05, 4.69) is 17.2 Å². The fourth-order valence-electron chi connectivity index (χ4n) is 2.23. The highest BCUT2D eigenvalue weighted by molar-refractivity contribution is 5.92. The van der Waals surface area contributed by atoms with Crippen LogP contribution in [-0.4, -0.2) is 41.5 Å². The van der Waals surface area contributed by atoms with E-state index in [0.717, 1.165) is 32.5 Å². The van der Waals surface area contributed by atoms with Crippen molar-refractivity contribution >= 4 is 30.7 Å². The summed E-state index contributed by atoms with van der Waals surface area (Å²) in [6.45, 7) is 4.81. The zero-order chi connectivity index (χ0) is 12.1. The van der Waals surface area contributed by atoms with Crippen LogP contribution in [0.15, 0.2) is 24.4 Å². The van der Waals surface area contributed by atoms with E-state index in [9.17, 15) is 4.79 Å². The van der Waals surface area contributed by atoms with Crippen LogP contribution in [0.2, 0.25) is 0 Å². The van der Waals surface area contributed by atoms with Gasteiger partial charge in [0.05, 0.1) is 0 Å². The monoisotopic (exact) mass is 305 g/mol. The zero-order valence-corrected chi connectivity index (χ0v) is 12.7. The summed E-state index contributed by atoms with van der Waals surface area (Å²) in [5.74, 6) is 0.0566. The van der Waals surface area contributed by atoms with E-state index in [1.807, 2.05) is 17.0 Å². The van der Waals surface area contributed by atoms with Crippen LogP contribution in [0.25, 0.3) is 0 Å². The fourth-order valence-corrected chi connectivity index (χ4v) is 2.23. The second kappa shape index (κ2) is 9.13. The Balaban J connectivity index is 0.00000162. The molecule has 1 amide bonds. The number of nitrogens with zero attached hydrogens (tertiary/aromatic N) is 2. The molecule has 2 heterocycles. The maximum atomic E-state index is 12.4. The van der Waals surface area contributed by atoms with Crippen LogP contribution in [0.5, 0.6) is 0 Å². The standard InChI is InChI=1S/C13H19N3O.2ClH/c1-2-9-16(11-6-8-14-10-11)13(17)12-5-3-4-7-15-12;;/h3-5,7,11,14H,2,6,8-10H2,1H3;2*1H. The van der Waals surface area contributed by atoms with Gasteiger partial charge in [-0.25, -0.2) is 0 Å². The number of carbonyl (C=O) groups excluding carboxylic acids is 1. The number of carbonyl (C=O) groups is 1. The van der Waals surface area contributed by atoms with Gasteiger partial charge in [0.25, 0.3) is 5.91 Å². The highest BCUT2D eigenvalue weighted by Gasteiger charge is 2.26. The number of rotatable bonds is 4. The van der Waals surface area contributed by atoms with Crippen molar-refractivity contribution in [3.8, 4) is 0 Å². The molecule has 1 unspecified atom stereocenters. The SMILES string of the molecule is CCCN(C(=O)c1ccccn1)C1CCNC1.Cl.Cl. The van der Waals surface area contributed by atoms with Crippen molar-refractivity contribution in [2.24, 2.45) is 0 Å². The van der Waals surface area contributed by atoms with E-state index in [1.165, 1.54) is 0 Å². The van der Waals surface area contributed by atoms with Gasteiger partial charge >= 0.3 is 0 Å². The molecule has 1 aliphatic heterocycles. The third kappa shape index (κ3) is 4.64. The van der Waals surface area contributed by atoms with E-state index in [0.29, 0.717) is 11.7 Å². The van der Waals surface area contributed by atoms with Crippen LogP contribution in [0.4, 0.5) is 0 Å². The molecule has 0 radical (unpaired) electrons. The molecular formula is C13H21Cl2N3O. The number of amides is 1. The Kier molecular flexibility index (Phi) is 8.72. The molecule has 0 spiro atoms. The summed E-state index contributed by atoms with van der Waals surface area (Å²) < 4.78 is 0. The van der Waals surface area contributed by atoms with Crippen molar-refractivity contribution in [3.63, 3.8) is 0 Å². The Bertz CT molecular complexity index is 369. The second-order valence-corrected chi connectivity index (χ2v) is 4.36. The Morgan fingerprint density at radius 1 is 1.47 bits per heavy atom. The first-order valence-electron chi connectivity index (χ1n) is 6.25. The van der Waals surface area contributed by atoms with Crippen LogP contribution in [0, 0.1) is 0 Å². The van der Waals surface area contributed by atoms with Gasteiger partial charge in [0.2, 0.25) is 0 Å². The molecule has 6 heteroatoms. The highest BCUT2D eigenvalue weighted by Crippen LogP contribution is 2.12. The van der Waals surface area contributed by atoms with Crippen LogP contribution in [0.1, 0.15) is 30.3 Å². The quantitative estimate of drug-likeness (QED) is 0.927. The third-order valence-electron chi connectivity index (χ3n) is 3.08. The summed E-state index contributed by atoms with van der Waals surface area (Å²) in [5.41, 5.74) is 0.549. The van der Waals surface area contributed by atoms with Crippen molar-refractivity contribution in [1.82, 2.24) is 15.2 Å². The molecule has 1 atom stereocenters. The van der Waals surface area contributed by atoms with Crippen molar-refractivity contribution in [2.45, 2.75) is 25.8 Å². The molecule has 2 rings (SSSR count). The minimum Gasteiger partial charge on any atom is -0.333 e. The van der Waals surface area contributed by atoms with E-state index in [-0.39, 0.29) is 30.7 Å². The number of hydrogen-bond acceptors (Lipinski definition) is 3. The van der Waals surface area contributed by atoms with Crippen LogP contribution >= 0.6 is 24.8 Å². The molecule has 4 nitrogen and oxygen atoms in total. The molecule has 108 valence electrons. The van der Waals surface area contributed by atoms with Gasteiger partial charge in [-0.3, -0.25) is 9.78 Å². The molecule has 0 bridgehead atoms. The molecule has 1 N–H and O–H groups in total. The van der Waals surface area contributed by atoms with Gasteiger partial charge in [-0.05, 0) is 31.5 Å². The molecule has 0 aromatic carbocycles. The maximum Gasteiger partial charge on any atom is 0.272 e. The summed E-state index contributed by atoms with van der Waals surface area (Å²) in [5, 5.41) is 3.30. The van der Waals surface area contributed by atoms with Gasteiger partial charge in [0, 0.05) is 25.3 Å². The molecule has 0 aliphatic carbocycles. The number of halogens is 2. The van der Waals surface area contributed by atoms with Crippen molar-refractivity contribution < 1.29 is 4.79 Å². The molecule has 1 saturated heterocycles. The Hall–Kier alpha value is -0.840. The Labute approximate surface area is 126 Å². The van der Waals surface area contributed by atoms with Crippen molar-refractivity contribution in [3.05, 3.63) is 30.1 Å². The molecule has 19 heavy (non-hydrogen) atoms. The first-order chi connectivity index (χ1) is 8.33. The number of pyridine rings is 1. The molecule has 1 fully saturated rings. The predicted molar refractivity (Wildman–Crippen MR) is 81.3 cm³/mol. The van der Waals surface area contributed by atoms with Crippen LogP contribution in [-0.2, 0) is 0 Å². The normalized spacial score (nSPS) is 17.2. The lowest BCUT2D eigenvalue weighted by molar-refractivity contribution is 0.0686. The van der Waals surface area contributed by atoms with E-state index in [1.54, 1.807) is 12.3 Å². The highest BCUT2D eigenvalue weighted by atomic mass is 35.5. The number of hydrogen-bond donors (Lipinski definition) is 1. The van der Waals surface area contributed by atoms with Gasteiger partial charge in [-0.15, -0.1) is 24.8 Å². The van der Waals surface area contributed by atoms with E-state index < -0.39 is 0 Å². The minimum atomic E-state index is 0. The number of nitrogens with one attached hydrogen (secondary N) is 1. The van der Waals surface area contributed by atoms with Crippen molar-refractivity contribution in [1.29, 1.82) is 0 Å². The lowest BCUT2D eigenvalue weighted by atomic mass is 10.2.